The van der Waals surface area contributed by atoms with E-state index in [-0.39, 0.29) is 5.60 Å². The molecule has 1 N–H and O–H groups in total. The van der Waals surface area contributed by atoms with E-state index in [0.29, 0.717) is 6.04 Å². The van der Waals surface area contributed by atoms with Gasteiger partial charge in [-0.15, -0.1) is 0 Å². The molecule has 1 aromatic carbocycles. The molecule has 0 amide bonds. The molecule has 19 heavy (non-hydrogen) atoms. The van der Waals surface area contributed by atoms with Crippen molar-refractivity contribution < 1.29 is 4.74 Å². The van der Waals surface area contributed by atoms with Crippen LogP contribution in [-0.2, 0) is 0 Å². The minimum atomic E-state index is -0.00770. The Morgan fingerprint density at radius 2 is 2.21 bits per heavy atom. The van der Waals surface area contributed by atoms with Crippen LogP contribution in [0, 0.1) is 5.92 Å². The highest BCUT2D eigenvalue weighted by atomic mass is 35.5. The fraction of sp³-hybridized carbons (Fsp3) is 0.625. The molecule has 0 bridgehead atoms. The highest BCUT2D eigenvalue weighted by molar-refractivity contribution is 6.30. The van der Waals surface area contributed by atoms with E-state index < -0.39 is 0 Å². The third-order valence-corrected chi connectivity index (χ3v) is 4.62. The summed E-state index contributed by atoms with van der Waals surface area (Å²) >= 11 is 6.14. The first kappa shape index (κ1) is 13.3. The van der Waals surface area contributed by atoms with E-state index >= 15 is 0 Å². The predicted molar refractivity (Wildman–Crippen MR) is 78.9 cm³/mol. The molecule has 0 saturated heterocycles. The third kappa shape index (κ3) is 2.61. The average molecular weight is 280 g/mol. The Morgan fingerprint density at radius 1 is 1.42 bits per heavy atom. The Labute approximate surface area is 120 Å². The van der Waals surface area contributed by atoms with Crippen molar-refractivity contribution in [3.8, 4) is 5.75 Å². The lowest BCUT2D eigenvalue weighted by atomic mass is 9.85. The van der Waals surface area contributed by atoms with E-state index in [1.165, 1.54) is 18.4 Å². The molecule has 2 unspecified atom stereocenters. The van der Waals surface area contributed by atoms with Crippen LogP contribution < -0.4 is 10.1 Å². The fourth-order valence-electron chi connectivity index (χ4n) is 3.14. The Morgan fingerprint density at radius 3 is 2.89 bits per heavy atom. The summed E-state index contributed by atoms with van der Waals surface area (Å²) in [7, 11) is 0. The second kappa shape index (κ2) is 4.99. The molecular weight excluding hydrogens is 258 g/mol. The third-order valence-electron chi connectivity index (χ3n) is 4.38. The molecular formula is C16H22ClNO. The van der Waals surface area contributed by atoms with Crippen molar-refractivity contribution in [3.05, 3.63) is 28.8 Å². The van der Waals surface area contributed by atoms with Crippen molar-refractivity contribution in [3.63, 3.8) is 0 Å². The summed E-state index contributed by atoms with van der Waals surface area (Å²) in [6.45, 7) is 5.51. The first-order chi connectivity index (χ1) is 9.12. The summed E-state index contributed by atoms with van der Waals surface area (Å²) in [6.07, 6.45) is 4.80. The van der Waals surface area contributed by atoms with Gasteiger partial charge >= 0.3 is 0 Å². The maximum Gasteiger partial charge on any atom is 0.125 e. The van der Waals surface area contributed by atoms with Crippen LogP contribution in [-0.4, -0.2) is 12.1 Å². The number of hydrogen-bond donors (Lipinski definition) is 1. The van der Waals surface area contributed by atoms with Gasteiger partial charge in [-0.05, 0) is 56.8 Å². The molecule has 104 valence electrons. The second-order valence-electron chi connectivity index (χ2n) is 6.08. The molecule has 1 aromatic rings. The zero-order valence-corrected chi connectivity index (χ0v) is 12.5. The molecule has 1 aliphatic heterocycles. The van der Waals surface area contributed by atoms with Crippen LogP contribution in [0.3, 0.4) is 0 Å². The lowest BCUT2D eigenvalue weighted by Crippen LogP contribution is -2.43. The minimum Gasteiger partial charge on any atom is -0.487 e. The monoisotopic (exact) mass is 279 g/mol. The van der Waals surface area contributed by atoms with Crippen LogP contribution >= 0.6 is 11.6 Å². The number of fused-ring (bicyclic) bond motifs is 1. The second-order valence-corrected chi connectivity index (χ2v) is 6.52. The van der Waals surface area contributed by atoms with Gasteiger partial charge in [0.1, 0.15) is 11.4 Å². The van der Waals surface area contributed by atoms with Crippen molar-refractivity contribution in [2.24, 2.45) is 5.92 Å². The highest BCUT2D eigenvalue weighted by Crippen LogP contribution is 2.50. The zero-order chi connectivity index (χ0) is 13.5. The summed E-state index contributed by atoms with van der Waals surface area (Å²) in [5, 5.41) is 4.45. The molecule has 2 nitrogen and oxygen atoms in total. The lowest BCUT2D eigenvalue weighted by Gasteiger charge is -2.41. The van der Waals surface area contributed by atoms with Crippen LogP contribution in [0.15, 0.2) is 18.2 Å². The maximum absolute atomic E-state index is 6.31. The minimum absolute atomic E-state index is 0.00770. The number of ether oxygens (including phenoxy) is 1. The quantitative estimate of drug-likeness (QED) is 0.886. The Kier molecular flexibility index (Phi) is 3.48. The Hall–Kier alpha value is -0.730. The van der Waals surface area contributed by atoms with Crippen molar-refractivity contribution in [1.29, 1.82) is 0 Å². The van der Waals surface area contributed by atoms with Crippen molar-refractivity contribution in [2.75, 3.05) is 6.54 Å². The van der Waals surface area contributed by atoms with Gasteiger partial charge < -0.3 is 10.1 Å². The number of hydrogen-bond acceptors (Lipinski definition) is 2. The summed E-state index contributed by atoms with van der Waals surface area (Å²) < 4.78 is 6.31. The average Bonchev–Trinajstić information content (AvgIpc) is 3.21. The molecule has 1 saturated carbocycles. The SMILES string of the molecule is CCCNC1CC(C)(C2CC2)Oc2ccc(Cl)cc21. The van der Waals surface area contributed by atoms with Gasteiger partial charge in [0.2, 0.25) is 0 Å². The number of halogens is 1. The molecule has 3 heteroatoms. The molecule has 2 atom stereocenters. The van der Waals surface area contributed by atoms with Crippen LogP contribution in [0.25, 0.3) is 0 Å². The first-order valence-electron chi connectivity index (χ1n) is 7.34. The molecule has 3 rings (SSSR count). The van der Waals surface area contributed by atoms with Crippen LogP contribution in [0.4, 0.5) is 0 Å². The lowest BCUT2D eigenvalue weighted by molar-refractivity contribution is 0.0269. The first-order valence-corrected chi connectivity index (χ1v) is 7.72. The van der Waals surface area contributed by atoms with Gasteiger partial charge in [0.05, 0.1) is 0 Å². The predicted octanol–water partition coefficient (Wildman–Crippen LogP) is 4.33. The topological polar surface area (TPSA) is 21.3 Å². The van der Waals surface area contributed by atoms with Crippen LogP contribution in [0.5, 0.6) is 5.75 Å². The molecule has 1 heterocycles. The summed E-state index contributed by atoms with van der Waals surface area (Å²) in [5.74, 6) is 1.74. The zero-order valence-electron chi connectivity index (χ0n) is 11.7. The summed E-state index contributed by atoms with van der Waals surface area (Å²) in [4.78, 5) is 0. The molecule has 1 fully saturated rings. The maximum atomic E-state index is 6.31. The summed E-state index contributed by atoms with van der Waals surface area (Å²) in [5.41, 5.74) is 1.21. The number of rotatable bonds is 4. The van der Waals surface area contributed by atoms with Gasteiger partial charge in [-0.3, -0.25) is 0 Å². The number of benzene rings is 1. The van der Waals surface area contributed by atoms with E-state index in [9.17, 15) is 0 Å². The fourth-order valence-corrected chi connectivity index (χ4v) is 3.32. The highest BCUT2D eigenvalue weighted by Gasteiger charge is 2.47. The Bertz CT molecular complexity index is 472. The van der Waals surface area contributed by atoms with Crippen molar-refractivity contribution >= 4 is 11.6 Å². The van der Waals surface area contributed by atoms with Crippen molar-refractivity contribution in [1.82, 2.24) is 5.32 Å². The Balaban J connectivity index is 1.91. The van der Waals surface area contributed by atoms with E-state index in [1.807, 2.05) is 12.1 Å². The van der Waals surface area contributed by atoms with Gasteiger partial charge in [0, 0.05) is 23.0 Å². The van der Waals surface area contributed by atoms with Gasteiger partial charge in [0.25, 0.3) is 0 Å². The molecule has 0 radical (unpaired) electrons. The summed E-state index contributed by atoms with van der Waals surface area (Å²) in [6, 6.07) is 6.37. The normalized spacial score (nSPS) is 29.7. The van der Waals surface area contributed by atoms with Gasteiger partial charge in [-0.25, -0.2) is 0 Å². The number of nitrogens with one attached hydrogen (secondary N) is 1. The van der Waals surface area contributed by atoms with Gasteiger partial charge in [-0.1, -0.05) is 18.5 Å². The standard InChI is InChI=1S/C16H22ClNO/c1-3-8-18-14-10-16(2,11-4-5-11)19-15-7-6-12(17)9-13(14)15/h6-7,9,11,14,18H,3-5,8,10H2,1-2H3. The van der Waals surface area contributed by atoms with Crippen LogP contribution in [0.1, 0.15) is 51.1 Å². The largest absolute Gasteiger partial charge is 0.487 e. The van der Waals surface area contributed by atoms with Gasteiger partial charge in [0.15, 0.2) is 0 Å². The van der Waals surface area contributed by atoms with Crippen LogP contribution in [0.2, 0.25) is 5.02 Å². The molecule has 0 aromatic heterocycles. The van der Waals surface area contributed by atoms with Crippen molar-refractivity contribution in [2.45, 2.75) is 51.2 Å². The van der Waals surface area contributed by atoms with Gasteiger partial charge in [-0.2, -0.15) is 0 Å². The van der Waals surface area contributed by atoms with E-state index in [0.717, 1.165) is 36.1 Å². The molecule has 2 aliphatic rings. The van der Waals surface area contributed by atoms with E-state index in [4.69, 9.17) is 16.3 Å². The smallest absolute Gasteiger partial charge is 0.125 e. The van der Waals surface area contributed by atoms with E-state index in [2.05, 4.69) is 25.2 Å². The molecule has 0 spiro atoms. The van der Waals surface area contributed by atoms with E-state index in [1.54, 1.807) is 0 Å². The molecule has 1 aliphatic carbocycles.